The fourth-order valence-corrected chi connectivity index (χ4v) is 14.7. The highest BCUT2D eigenvalue weighted by Gasteiger charge is 2.63. The number of nitrogens with one attached hydrogen (secondary N) is 1. The van der Waals surface area contributed by atoms with Gasteiger partial charge in [-0.25, -0.2) is 50.8 Å². The van der Waals surface area contributed by atoms with Crippen LogP contribution in [0.2, 0.25) is 49.6 Å². The highest BCUT2D eigenvalue weighted by molar-refractivity contribution is 7.90. The monoisotopic (exact) mass is 1200 g/mol. The first-order chi connectivity index (χ1) is 35.4. The molecule has 2 aliphatic carbocycles. The van der Waals surface area contributed by atoms with Crippen LogP contribution in [0, 0.1) is 10.8 Å². The second-order valence-electron chi connectivity index (χ2n) is 20.3. The summed E-state index contributed by atoms with van der Waals surface area (Å²) in [6, 6.07) is 8.32. The van der Waals surface area contributed by atoms with Gasteiger partial charge in [-0.2, -0.15) is 36.5 Å². The molecule has 77 heavy (non-hydrogen) atoms. The molecular weight excluding hydrogens is 1150 g/mol. The molecule has 0 aliphatic heterocycles. The van der Waals surface area contributed by atoms with Crippen molar-refractivity contribution < 1.29 is 67.3 Å². The minimum atomic E-state index is -4.25. The van der Waals surface area contributed by atoms with Crippen LogP contribution in [0.25, 0.3) is 11.6 Å². The van der Waals surface area contributed by atoms with Gasteiger partial charge in [0.15, 0.2) is 11.6 Å². The topological polar surface area (TPSA) is 276 Å². The van der Waals surface area contributed by atoms with Crippen molar-refractivity contribution >= 4 is 81.9 Å². The predicted molar refractivity (Wildman–Crippen MR) is 274 cm³/mol. The summed E-state index contributed by atoms with van der Waals surface area (Å²) in [5.74, 6) is -1.47. The smallest absolute Gasteiger partial charge is 0.394 e. The van der Waals surface area contributed by atoms with Crippen molar-refractivity contribution in [3.63, 3.8) is 0 Å². The minimum absolute atomic E-state index is 0.0693. The molecule has 6 aromatic heterocycles. The van der Waals surface area contributed by atoms with E-state index in [1.807, 2.05) is 44.0 Å². The Labute approximate surface area is 450 Å². The molecule has 0 aromatic carbocycles. The molecule has 6 heterocycles. The number of carbonyl (C=O) groups excluding carboxylic acids is 1. The zero-order valence-electron chi connectivity index (χ0n) is 42.5. The first-order valence-electron chi connectivity index (χ1n) is 23.1. The van der Waals surface area contributed by atoms with E-state index < -0.39 is 71.3 Å². The lowest BCUT2D eigenvalue weighted by Gasteiger charge is -2.18. The molecule has 1 amide bonds. The number of aryl methyl sites for hydroxylation is 2. The molecule has 2 fully saturated rings. The van der Waals surface area contributed by atoms with Crippen LogP contribution in [0.15, 0.2) is 71.0 Å². The van der Waals surface area contributed by atoms with Crippen molar-refractivity contribution in [1.29, 1.82) is 0 Å². The third-order valence-corrected chi connectivity index (χ3v) is 18.9. The number of carboxylic acids is 1. The van der Waals surface area contributed by atoms with E-state index in [0.717, 1.165) is 0 Å². The van der Waals surface area contributed by atoms with E-state index in [-0.39, 0.29) is 106 Å². The second kappa shape index (κ2) is 22.1. The lowest BCUT2D eigenvalue weighted by Crippen LogP contribution is -2.44. The molecule has 0 unspecified atom stereocenters. The lowest BCUT2D eigenvalue weighted by atomic mass is 10.0. The van der Waals surface area contributed by atoms with Gasteiger partial charge in [-0.05, 0) is 62.8 Å². The Kier molecular flexibility index (Phi) is 17.3. The van der Waals surface area contributed by atoms with Gasteiger partial charge in [-0.3, -0.25) is 14.2 Å². The molecule has 6 aromatic rings. The number of carboxylic acid groups (broad SMARTS) is 1. The second-order valence-corrected chi connectivity index (χ2v) is 34.1. The number of rotatable bonds is 17. The number of amides is 1. The van der Waals surface area contributed by atoms with Gasteiger partial charge in [0.05, 0.1) is 45.8 Å². The normalized spacial score (nSPS) is 15.1. The lowest BCUT2D eigenvalue weighted by molar-refractivity contribution is -0.190. The number of alkyl halides is 6. The number of nitrogens with two attached hydrogens (primary N) is 1. The van der Waals surface area contributed by atoms with Crippen LogP contribution in [0.1, 0.15) is 59.2 Å². The fraction of sp³-hybridized carbons (Fsp3) is 0.455. The summed E-state index contributed by atoms with van der Waals surface area (Å²) in [5, 5.41) is 31.2. The summed E-state index contributed by atoms with van der Waals surface area (Å²) in [4.78, 5) is 31.8. The van der Waals surface area contributed by atoms with Crippen LogP contribution in [-0.2, 0) is 34.1 Å². The largest absolute Gasteiger partial charge is 0.478 e. The van der Waals surface area contributed by atoms with Crippen molar-refractivity contribution in [1.82, 2.24) is 53.8 Å². The molecule has 8 rings (SSSR count). The average Bonchev–Trinajstić information content (AvgIpc) is 3.96. The molecule has 21 nitrogen and oxygen atoms in total. The third-order valence-electron chi connectivity index (χ3n) is 12.1. The highest BCUT2D eigenvalue weighted by Crippen LogP contribution is 2.60. The number of hydrogen-bond acceptors (Lipinski definition) is 14. The SMILES string of the molecule is Cn1cc(S(=O)(=O)NC(=O)c2ccc(-n3ccc(OCCC4(C(F)(F)F)CC4)n3)nc2Cl)c([Si](C)(C)C)n1.Cn1cc(S(N)(=O)=O)c([Si](C)(C)C)n1.O=C(O)c1ccc(-n2ccc(OCCC3(C(F)(F)F)CC3)n2)nc1Cl. The number of aromatic carboxylic acids is 1. The van der Waals surface area contributed by atoms with Gasteiger partial charge in [0, 0.05) is 51.0 Å². The zero-order chi connectivity index (χ0) is 57.5. The maximum atomic E-state index is 13.1. The van der Waals surface area contributed by atoms with Gasteiger partial charge in [0.2, 0.25) is 21.8 Å². The van der Waals surface area contributed by atoms with E-state index in [0.29, 0.717) is 10.6 Å². The Morgan fingerprint density at radius 3 is 1.40 bits per heavy atom. The van der Waals surface area contributed by atoms with Gasteiger partial charge in [-0.15, -0.1) is 10.2 Å². The quantitative estimate of drug-likeness (QED) is 0.0483. The van der Waals surface area contributed by atoms with Gasteiger partial charge >= 0.3 is 18.3 Å². The van der Waals surface area contributed by atoms with E-state index in [9.17, 15) is 52.8 Å². The van der Waals surface area contributed by atoms with Crippen molar-refractivity contribution in [2.45, 2.75) is 100.0 Å². The molecule has 33 heteroatoms. The summed E-state index contributed by atoms with van der Waals surface area (Å²) >= 11 is 12.0. The number of ether oxygens (including phenoxy) is 2. The molecule has 0 spiro atoms. The van der Waals surface area contributed by atoms with Crippen molar-refractivity contribution in [2.24, 2.45) is 30.1 Å². The Morgan fingerprint density at radius 2 is 1.06 bits per heavy atom. The van der Waals surface area contributed by atoms with E-state index >= 15 is 0 Å². The van der Waals surface area contributed by atoms with Crippen molar-refractivity contribution in [2.75, 3.05) is 13.2 Å². The standard InChI is InChI=1S/C22H26ClF3N6O4SSi.C15H13ClF3N3O3.C7H15N3O2SSi/c1-31-13-15(20(29-31)38(2,3)4)37(34,35)30-19(33)14-5-6-16(27-18(14)23)32-11-7-17(28-32)36-12-10-21(8-9-21)22(24,25)26;16-12-9(13(23)24)1-2-10(20-12)22-7-3-11(21-22)25-8-6-14(4-5-14)15(17,18)19;1-10-5-6(13(8,11)12)7(9-10)14(2,3)4/h5-7,11,13H,8-10,12H2,1-4H3,(H,30,33);1-3,7H,4-6,8H2,(H,23,24);5H,1-4H3,(H2,8,11,12). The third kappa shape index (κ3) is 14.6. The van der Waals surface area contributed by atoms with Crippen LogP contribution < -0.4 is 30.0 Å². The van der Waals surface area contributed by atoms with Crippen LogP contribution in [0.4, 0.5) is 26.3 Å². The first-order valence-corrected chi connectivity index (χ1v) is 33.9. The Bertz CT molecular complexity index is 3390. The molecule has 0 saturated heterocycles. The number of nitrogens with zero attached hydrogens (tertiary/aromatic N) is 10. The molecule has 0 bridgehead atoms. The molecule has 0 atom stereocenters. The van der Waals surface area contributed by atoms with Crippen LogP contribution in [0.5, 0.6) is 11.8 Å². The zero-order valence-corrected chi connectivity index (χ0v) is 47.7. The number of aromatic nitrogens is 10. The number of primary sulfonamides is 1. The van der Waals surface area contributed by atoms with Gasteiger partial charge < -0.3 is 14.6 Å². The highest BCUT2D eigenvalue weighted by atomic mass is 35.5. The molecule has 420 valence electrons. The predicted octanol–water partition coefficient (Wildman–Crippen LogP) is 6.77. The molecular formula is C44H54Cl2F6N12O9S2Si2. The van der Waals surface area contributed by atoms with Gasteiger partial charge in [-0.1, -0.05) is 62.5 Å². The number of sulfonamides is 2. The summed E-state index contributed by atoms with van der Waals surface area (Å²) in [6.45, 7) is 11.7. The van der Waals surface area contributed by atoms with Crippen molar-refractivity contribution in [3.8, 4) is 23.4 Å². The van der Waals surface area contributed by atoms with Crippen LogP contribution >= 0.6 is 23.2 Å². The van der Waals surface area contributed by atoms with E-state index in [4.69, 9.17) is 42.9 Å². The number of pyridine rings is 2. The molecule has 2 aliphatic rings. The van der Waals surface area contributed by atoms with Gasteiger partial charge in [0.1, 0.15) is 36.2 Å². The number of hydrogen-bond donors (Lipinski definition) is 3. The Hall–Kier alpha value is -5.87. The summed E-state index contributed by atoms with van der Waals surface area (Å²) in [6.07, 6.45) is -2.50. The first kappa shape index (κ1) is 60.4. The van der Waals surface area contributed by atoms with Gasteiger partial charge in [0.25, 0.3) is 15.9 Å². The van der Waals surface area contributed by atoms with Crippen LogP contribution in [-0.4, -0.2) is 125 Å². The number of halogens is 8. The molecule has 4 N–H and O–H groups in total. The maximum Gasteiger partial charge on any atom is 0.394 e. The van der Waals surface area contributed by atoms with E-state index in [1.165, 1.54) is 79.9 Å². The Balaban J connectivity index is 0.000000210. The average molecular weight is 1200 g/mol. The maximum absolute atomic E-state index is 13.1. The Morgan fingerprint density at radius 1 is 0.675 bits per heavy atom. The summed E-state index contributed by atoms with van der Waals surface area (Å²) in [5.41, 5.74) is -3.60. The summed E-state index contributed by atoms with van der Waals surface area (Å²) < 4.78 is 144. The molecule has 0 radical (unpaired) electrons. The van der Waals surface area contributed by atoms with E-state index in [1.54, 1.807) is 14.1 Å². The fourth-order valence-electron chi connectivity index (χ4n) is 7.42. The molecule has 2 saturated carbocycles. The van der Waals surface area contributed by atoms with Crippen molar-refractivity contribution in [3.05, 3.63) is 82.6 Å². The van der Waals surface area contributed by atoms with E-state index in [2.05, 4.69) is 30.4 Å². The summed E-state index contributed by atoms with van der Waals surface area (Å²) in [7, 11) is -8.50. The van der Waals surface area contributed by atoms with Crippen LogP contribution in [0.3, 0.4) is 0 Å². The number of carbonyl (C=O) groups is 2. The minimum Gasteiger partial charge on any atom is -0.478 e.